The summed E-state index contributed by atoms with van der Waals surface area (Å²) in [7, 11) is -3.63. The van der Waals surface area contributed by atoms with Crippen LogP contribution in [0.1, 0.15) is 36.7 Å². The highest BCUT2D eigenvalue weighted by Crippen LogP contribution is 2.22. The number of hydrogen-bond donors (Lipinski definition) is 1. The average Bonchev–Trinajstić information content (AvgIpc) is 2.60. The van der Waals surface area contributed by atoms with Crippen LogP contribution in [0.4, 0.5) is 10.1 Å². The molecule has 1 atom stereocenters. The SMILES string of the molecule is CC(C)[C@@H](C)NC(=O)c1ccc(N(Cc2ccccc2F)S(C)(=O)=O)cc1. The number of rotatable bonds is 7. The fraction of sp³-hybridized carbons (Fsp3) is 0.350. The number of amides is 1. The van der Waals surface area contributed by atoms with Crippen molar-refractivity contribution in [2.45, 2.75) is 33.4 Å². The van der Waals surface area contributed by atoms with Gasteiger partial charge in [-0.3, -0.25) is 9.10 Å². The van der Waals surface area contributed by atoms with Gasteiger partial charge in [0.2, 0.25) is 10.0 Å². The number of nitrogens with zero attached hydrogens (tertiary/aromatic N) is 1. The standard InChI is InChI=1S/C20H25FN2O3S/c1-14(2)15(3)22-20(24)16-9-11-18(12-10-16)23(27(4,25)26)13-17-7-5-6-8-19(17)21/h5-12,14-15H,13H2,1-4H3,(H,22,24)/t15-/m1/s1. The molecule has 0 saturated heterocycles. The highest BCUT2D eigenvalue weighted by Gasteiger charge is 2.20. The molecule has 2 rings (SSSR count). The smallest absolute Gasteiger partial charge is 0.251 e. The Balaban J connectivity index is 2.25. The van der Waals surface area contributed by atoms with Crippen molar-refractivity contribution in [3.05, 3.63) is 65.5 Å². The van der Waals surface area contributed by atoms with Crippen LogP contribution in [0.3, 0.4) is 0 Å². The lowest BCUT2D eigenvalue weighted by Crippen LogP contribution is -2.36. The van der Waals surface area contributed by atoms with E-state index in [0.717, 1.165) is 10.6 Å². The first kappa shape index (κ1) is 20.9. The number of carbonyl (C=O) groups excluding carboxylic acids is 1. The Morgan fingerprint density at radius 1 is 1.07 bits per heavy atom. The maximum atomic E-state index is 13.9. The van der Waals surface area contributed by atoms with E-state index in [4.69, 9.17) is 0 Å². The van der Waals surface area contributed by atoms with Gasteiger partial charge in [-0.2, -0.15) is 0 Å². The number of hydrogen-bond acceptors (Lipinski definition) is 3. The third kappa shape index (κ3) is 5.53. The van der Waals surface area contributed by atoms with E-state index < -0.39 is 15.8 Å². The van der Waals surface area contributed by atoms with Crippen LogP contribution >= 0.6 is 0 Å². The van der Waals surface area contributed by atoms with Gasteiger partial charge in [0, 0.05) is 17.2 Å². The Bertz CT molecular complexity index is 896. The molecule has 0 radical (unpaired) electrons. The lowest BCUT2D eigenvalue weighted by molar-refractivity contribution is 0.0930. The highest BCUT2D eigenvalue weighted by atomic mass is 32.2. The summed E-state index contributed by atoms with van der Waals surface area (Å²) in [4.78, 5) is 12.3. The molecule has 27 heavy (non-hydrogen) atoms. The summed E-state index contributed by atoms with van der Waals surface area (Å²) in [6.45, 7) is 5.83. The van der Waals surface area contributed by atoms with Crippen molar-refractivity contribution >= 4 is 21.6 Å². The number of anilines is 1. The Morgan fingerprint density at radius 2 is 1.67 bits per heavy atom. The van der Waals surface area contributed by atoms with E-state index >= 15 is 0 Å². The van der Waals surface area contributed by atoms with Gasteiger partial charge in [0.25, 0.3) is 5.91 Å². The van der Waals surface area contributed by atoms with Crippen molar-refractivity contribution in [1.29, 1.82) is 0 Å². The summed E-state index contributed by atoms with van der Waals surface area (Å²) in [6.07, 6.45) is 1.07. The quantitative estimate of drug-likeness (QED) is 0.783. The lowest BCUT2D eigenvalue weighted by Gasteiger charge is -2.23. The lowest BCUT2D eigenvalue weighted by atomic mass is 10.1. The van der Waals surface area contributed by atoms with E-state index in [0.29, 0.717) is 17.2 Å². The topological polar surface area (TPSA) is 66.5 Å². The number of halogens is 1. The van der Waals surface area contributed by atoms with Gasteiger partial charge in [0.1, 0.15) is 5.82 Å². The van der Waals surface area contributed by atoms with Crippen molar-refractivity contribution in [2.24, 2.45) is 5.92 Å². The van der Waals surface area contributed by atoms with Crippen molar-refractivity contribution in [3.8, 4) is 0 Å². The first-order chi connectivity index (χ1) is 12.6. The highest BCUT2D eigenvalue weighted by molar-refractivity contribution is 7.92. The second-order valence-corrected chi connectivity index (χ2v) is 8.82. The van der Waals surface area contributed by atoms with E-state index in [1.165, 1.54) is 6.07 Å². The minimum Gasteiger partial charge on any atom is -0.349 e. The fourth-order valence-electron chi connectivity index (χ4n) is 2.42. The number of carbonyl (C=O) groups is 1. The first-order valence-corrected chi connectivity index (χ1v) is 10.6. The van der Waals surface area contributed by atoms with E-state index in [2.05, 4.69) is 5.32 Å². The van der Waals surface area contributed by atoms with Crippen LogP contribution < -0.4 is 9.62 Å². The zero-order valence-electron chi connectivity index (χ0n) is 15.9. The second-order valence-electron chi connectivity index (χ2n) is 6.91. The third-order valence-electron chi connectivity index (χ3n) is 4.45. The summed E-state index contributed by atoms with van der Waals surface area (Å²) in [5, 5.41) is 2.90. The molecule has 0 aliphatic carbocycles. The van der Waals surface area contributed by atoms with Gasteiger partial charge in [-0.05, 0) is 43.2 Å². The van der Waals surface area contributed by atoms with Gasteiger partial charge in [0.15, 0.2) is 0 Å². The molecule has 2 aromatic carbocycles. The van der Waals surface area contributed by atoms with Crippen LogP contribution in [0.25, 0.3) is 0 Å². The van der Waals surface area contributed by atoms with E-state index in [9.17, 15) is 17.6 Å². The molecule has 0 saturated carbocycles. The number of nitrogens with one attached hydrogen (secondary N) is 1. The molecule has 0 unspecified atom stereocenters. The minimum absolute atomic E-state index is 0.0192. The molecule has 1 N–H and O–H groups in total. The monoisotopic (exact) mass is 392 g/mol. The van der Waals surface area contributed by atoms with Crippen molar-refractivity contribution in [1.82, 2.24) is 5.32 Å². The number of sulfonamides is 1. The molecule has 0 fully saturated rings. The molecule has 2 aromatic rings. The molecule has 1 amide bonds. The summed E-state index contributed by atoms with van der Waals surface area (Å²) in [5.41, 5.74) is 1.08. The Hall–Kier alpha value is -2.41. The van der Waals surface area contributed by atoms with Gasteiger partial charge in [-0.15, -0.1) is 0 Å². The van der Waals surface area contributed by atoms with Crippen molar-refractivity contribution in [3.63, 3.8) is 0 Å². The molecule has 0 aliphatic heterocycles. The van der Waals surface area contributed by atoms with Crippen molar-refractivity contribution < 1.29 is 17.6 Å². The maximum absolute atomic E-state index is 13.9. The molecule has 0 aliphatic rings. The molecular weight excluding hydrogens is 367 g/mol. The molecular formula is C20H25FN2O3S. The third-order valence-corrected chi connectivity index (χ3v) is 5.59. The summed E-state index contributed by atoms with van der Waals surface area (Å²) in [5.74, 6) is -0.387. The molecule has 7 heteroatoms. The zero-order valence-corrected chi connectivity index (χ0v) is 16.8. The van der Waals surface area contributed by atoms with Gasteiger partial charge < -0.3 is 5.32 Å². The minimum atomic E-state index is -3.63. The van der Waals surface area contributed by atoms with E-state index in [1.54, 1.807) is 42.5 Å². The van der Waals surface area contributed by atoms with Crippen LogP contribution in [-0.2, 0) is 16.6 Å². The van der Waals surface area contributed by atoms with E-state index in [1.807, 2.05) is 20.8 Å². The molecule has 0 aromatic heterocycles. The maximum Gasteiger partial charge on any atom is 0.251 e. The Labute approximate surface area is 160 Å². The number of benzene rings is 2. The van der Waals surface area contributed by atoms with Crippen LogP contribution in [0.15, 0.2) is 48.5 Å². The summed E-state index contributed by atoms with van der Waals surface area (Å²) >= 11 is 0. The van der Waals surface area contributed by atoms with Gasteiger partial charge in [-0.25, -0.2) is 12.8 Å². The average molecular weight is 392 g/mol. The zero-order chi connectivity index (χ0) is 20.2. The van der Waals surface area contributed by atoms with Crippen molar-refractivity contribution in [2.75, 3.05) is 10.6 Å². The van der Waals surface area contributed by atoms with Crippen LogP contribution in [-0.4, -0.2) is 26.6 Å². The largest absolute Gasteiger partial charge is 0.349 e. The summed E-state index contributed by atoms with van der Waals surface area (Å²) in [6, 6.07) is 12.3. The molecule has 0 bridgehead atoms. The Kier molecular flexibility index (Phi) is 6.59. The van der Waals surface area contributed by atoms with Gasteiger partial charge >= 0.3 is 0 Å². The fourth-order valence-corrected chi connectivity index (χ4v) is 3.30. The van der Waals surface area contributed by atoms with Gasteiger partial charge in [0.05, 0.1) is 18.5 Å². The first-order valence-electron chi connectivity index (χ1n) is 8.71. The molecule has 5 nitrogen and oxygen atoms in total. The second kappa shape index (κ2) is 8.52. The Morgan fingerprint density at radius 3 is 2.19 bits per heavy atom. The predicted octanol–water partition coefficient (Wildman–Crippen LogP) is 3.57. The van der Waals surface area contributed by atoms with E-state index in [-0.39, 0.29) is 24.1 Å². The van der Waals surface area contributed by atoms with Gasteiger partial charge in [-0.1, -0.05) is 32.0 Å². The molecule has 146 valence electrons. The summed E-state index contributed by atoms with van der Waals surface area (Å²) < 4.78 is 39.5. The van der Waals surface area contributed by atoms with Crippen LogP contribution in [0.2, 0.25) is 0 Å². The predicted molar refractivity (Wildman–Crippen MR) is 106 cm³/mol. The normalized spacial score (nSPS) is 12.7. The van der Waals surface area contributed by atoms with Crippen LogP contribution in [0.5, 0.6) is 0 Å². The molecule has 0 heterocycles. The molecule has 0 spiro atoms. The van der Waals surface area contributed by atoms with Crippen LogP contribution in [0, 0.1) is 11.7 Å².